The molecule has 0 fully saturated rings. The van der Waals surface area contributed by atoms with Crippen LogP contribution in [0.15, 0.2) is 0 Å². The molecule has 0 aromatic rings. The van der Waals surface area contributed by atoms with Crippen LogP contribution in [0.2, 0.25) is 0 Å². The van der Waals surface area contributed by atoms with Crippen molar-refractivity contribution in [3.63, 3.8) is 0 Å². The van der Waals surface area contributed by atoms with Crippen LogP contribution < -0.4 is 0 Å². The predicted molar refractivity (Wildman–Crippen MR) is 203 cm³/mol. The molecule has 0 aliphatic carbocycles. The second-order valence-electron chi connectivity index (χ2n) is 16.0. The van der Waals surface area contributed by atoms with E-state index in [2.05, 4.69) is 53.9 Å². The van der Waals surface area contributed by atoms with E-state index in [1.54, 1.807) is 0 Å². The SMILES string of the molecule is CCCCCCCCCC(=O)OCCC[N+](C)(C)CC(O)CN(CCCC)CC(O)C[N+](C)(C)CCCOC(=O)CCCCCCCCC. The van der Waals surface area contributed by atoms with E-state index in [0.717, 1.165) is 71.0 Å². The lowest BCUT2D eigenvalue weighted by molar-refractivity contribution is -0.893. The van der Waals surface area contributed by atoms with Crippen LogP contribution in [0.25, 0.3) is 0 Å². The van der Waals surface area contributed by atoms with Gasteiger partial charge in [0, 0.05) is 38.8 Å². The first-order valence-electron chi connectivity index (χ1n) is 20.4. The molecule has 292 valence electrons. The van der Waals surface area contributed by atoms with Crippen LogP contribution in [0, 0.1) is 0 Å². The van der Waals surface area contributed by atoms with Crippen molar-refractivity contribution in [2.75, 3.05) is 87.2 Å². The smallest absolute Gasteiger partial charge is 0.305 e. The number of quaternary nitrogens is 2. The Balaban J connectivity index is 4.38. The quantitative estimate of drug-likeness (QED) is 0.0413. The van der Waals surface area contributed by atoms with Crippen molar-refractivity contribution in [1.82, 2.24) is 4.90 Å². The van der Waals surface area contributed by atoms with Crippen molar-refractivity contribution >= 4 is 11.9 Å². The molecule has 9 nitrogen and oxygen atoms in total. The fourth-order valence-corrected chi connectivity index (χ4v) is 6.63. The van der Waals surface area contributed by atoms with E-state index in [9.17, 15) is 19.8 Å². The molecule has 0 rings (SSSR count). The molecule has 0 radical (unpaired) electrons. The number of ether oxygens (including phenoxy) is 2. The van der Waals surface area contributed by atoms with E-state index >= 15 is 0 Å². The van der Waals surface area contributed by atoms with Gasteiger partial charge in [0.15, 0.2) is 0 Å². The summed E-state index contributed by atoms with van der Waals surface area (Å²) in [5.74, 6) is -0.188. The molecule has 2 atom stereocenters. The number of aliphatic hydroxyl groups excluding tert-OH is 2. The molecule has 0 amide bonds. The van der Waals surface area contributed by atoms with Gasteiger partial charge in [0.2, 0.25) is 0 Å². The Morgan fingerprint density at radius 3 is 1.24 bits per heavy atom. The van der Waals surface area contributed by atoms with Gasteiger partial charge in [-0.15, -0.1) is 0 Å². The zero-order valence-electron chi connectivity index (χ0n) is 33.5. The summed E-state index contributed by atoms with van der Waals surface area (Å²) in [6, 6.07) is 0. The van der Waals surface area contributed by atoms with Crippen molar-refractivity contribution < 1.29 is 38.2 Å². The number of esters is 2. The van der Waals surface area contributed by atoms with Gasteiger partial charge in [-0.1, -0.05) is 104 Å². The zero-order valence-corrected chi connectivity index (χ0v) is 33.5. The summed E-state index contributed by atoms with van der Waals surface area (Å²) in [4.78, 5) is 26.4. The number of rotatable bonds is 35. The summed E-state index contributed by atoms with van der Waals surface area (Å²) in [6.45, 7) is 12.2. The largest absolute Gasteiger partial charge is 0.465 e. The topological polar surface area (TPSA) is 96.3 Å². The molecule has 0 saturated carbocycles. The first kappa shape index (κ1) is 47.7. The molecular weight excluding hydrogens is 618 g/mol. The van der Waals surface area contributed by atoms with Crippen LogP contribution in [0.4, 0.5) is 0 Å². The lowest BCUT2D eigenvalue weighted by atomic mass is 10.1. The molecule has 49 heavy (non-hydrogen) atoms. The molecule has 0 bridgehead atoms. The standard InChI is InChI=1S/C40H83N3O6/c1-8-11-14-16-18-20-22-26-39(46)48-31-24-29-42(4,5)35-37(44)33-41(28-13-10-3)34-38(45)36-43(6,7)30-25-32-49-40(47)27-23-21-19-17-15-12-9-2/h37-38,44-45H,8-36H2,1-7H3/q+2. The molecule has 0 aliphatic heterocycles. The Morgan fingerprint density at radius 1 is 0.531 bits per heavy atom. The van der Waals surface area contributed by atoms with Crippen molar-refractivity contribution in [2.45, 2.75) is 161 Å². The van der Waals surface area contributed by atoms with Crippen molar-refractivity contribution in [1.29, 1.82) is 0 Å². The Kier molecular flexibility index (Phi) is 29.6. The van der Waals surface area contributed by atoms with Gasteiger partial charge in [0.25, 0.3) is 0 Å². The molecule has 0 saturated heterocycles. The lowest BCUT2D eigenvalue weighted by Crippen LogP contribution is -2.52. The Hall–Kier alpha value is -1.26. The average Bonchev–Trinajstić information content (AvgIpc) is 3.02. The molecule has 0 aliphatic rings. The van der Waals surface area contributed by atoms with Crippen LogP contribution in [0.5, 0.6) is 0 Å². The van der Waals surface area contributed by atoms with Crippen molar-refractivity contribution in [2.24, 2.45) is 0 Å². The minimum absolute atomic E-state index is 0.0941. The number of hydrogen-bond acceptors (Lipinski definition) is 7. The summed E-state index contributed by atoms with van der Waals surface area (Å²) < 4.78 is 12.3. The van der Waals surface area contributed by atoms with Gasteiger partial charge >= 0.3 is 11.9 Å². The third-order valence-corrected chi connectivity index (χ3v) is 9.49. The number of hydrogen-bond donors (Lipinski definition) is 2. The minimum atomic E-state index is -0.517. The maximum absolute atomic E-state index is 12.1. The summed E-state index contributed by atoms with van der Waals surface area (Å²) in [7, 11) is 8.45. The van der Waals surface area contributed by atoms with Gasteiger partial charge in [-0.2, -0.15) is 0 Å². The zero-order chi connectivity index (χ0) is 36.8. The maximum atomic E-state index is 12.1. The van der Waals surface area contributed by atoms with Crippen molar-refractivity contribution in [3.8, 4) is 0 Å². The third-order valence-electron chi connectivity index (χ3n) is 9.49. The van der Waals surface area contributed by atoms with E-state index < -0.39 is 12.2 Å². The van der Waals surface area contributed by atoms with E-state index in [1.165, 1.54) is 64.2 Å². The molecule has 0 heterocycles. The highest BCUT2D eigenvalue weighted by Gasteiger charge is 2.26. The van der Waals surface area contributed by atoms with E-state index in [1.807, 2.05) is 0 Å². The first-order chi connectivity index (χ1) is 23.3. The van der Waals surface area contributed by atoms with Gasteiger partial charge in [0.05, 0.1) is 54.5 Å². The highest BCUT2D eigenvalue weighted by Crippen LogP contribution is 2.12. The van der Waals surface area contributed by atoms with E-state index in [0.29, 0.717) is 61.2 Å². The Morgan fingerprint density at radius 2 is 0.878 bits per heavy atom. The predicted octanol–water partition coefficient (Wildman–Crippen LogP) is 7.11. The normalized spacial score (nSPS) is 13.5. The van der Waals surface area contributed by atoms with E-state index in [4.69, 9.17) is 9.47 Å². The molecule has 2 N–H and O–H groups in total. The number of nitrogens with zero attached hydrogens (tertiary/aromatic N) is 3. The number of carbonyl (C=O) groups is 2. The van der Waals surface area contributed by atoms with Gasteiger partial charge in [0.1, 0.15) is 25.3 Å². The van der Waals surface area contributed by atoms with Crippen LogP contribution in [-0.4, -0.2) is 135 Å². The average molecular weight is 702 g/mol. The Bertz CT molecular complexity index is 734. The van der Waals surface area contributed by atoms with Gasteiger partial charge in [-0.3, -0.25) is 14.5 Å². The van der Waals surface area contributed by atoms with Crippen LogP contribution in [0.3, 0.4) is 0 Å². The van der Waals surface area contributed by atoms with E-state index in [-0.39, 0.29) is 11.9 Å². The third kappa shape index (κ3) is 31.2. The highest BCUT2D eigenvalue weighted by molar-refractivity contribution is 5.69. The fourth-order valence-electron chi connectivity index (χ4n) is 6.63. The molecule has 0 aromatic heterocycles. The number of carbonyl (C=O) groups excluding carboxylic acids is 2. The summed E-state index contributed by atoms with van der Waals surface area (Å²) >= 11 is 0. The van der Waals surface area contributed by atoms with Crippen LogP contribution >= 0.6 is 0 Å². The van der Waals surface area contributed by atoms with Crippen molar-refractivity contribution in [3.05, 3.63) is 0 Å². The monoisotopic (exact) mass is 702 g/mol. The summed E-state index contributed by atoms with van der Waals surface area (Å²) in [5, 5.41) is 22.1. The van der Waals surface area contributed by atoms with Crippen LogP contribution in [-0.2, 0) is 19.1 Å². The second kappa shape index (κ2) is 30.4. The highest BCUT2D eigenvalue weighted by atomic mass is 16.5. The maximum Gasteiger partial charge on any atom is 0.305 e. The van der Waals surface area contributed by atoms with Crippen LogP contribution in [0.1, 0.15) is 149 Å². The summed E-state index contributed by atoms with van der Waals surface area (Å²) in [5.41, 5.74) is 0. The molecular formula is C40H83N3O6+2. The van der Waals surface area contributed by atoms with Gasteiger partial charge < -0.3 is 28.7 Å². The number of unbranched alkanes of at least 4 members (excludes halogenated alkanes) is 13. The molecule has 2 unspecified atom stereocenters. The number of likely N-dealkylation sites (N-methyl/N-ethyl adjacent to an activating group) is 2. The van der Waals surface area contributed by atoms with Gasteiger partial charge in [-0.05, 0) is 25.8 Å². The second-order valence-corrected chi connectivity index (χ2v) is 16.0. The molecule has 0 spiro atoms. The van der Waals surface area contributed by atoms with Gasteiger partial charge in [-0.25, -0.2) is 0 Å². The number of aliphatic hydroxyl groups is 2. The Labute approximate surface area is 303 Å². The molecule has 9 heteroatoms. The fraction of sp³-hybridized carbons (Fsp3) is 0.950. The summed E-state index contributed by atoms with van der Waals surface area (Å²) in [6.07, 6.45) is 20.2. The lowest BCUT2D eigenvalue weighted by Gasteiger charge is -2.36. The molecule has 0 aromatic carbocycles. The minimum Gasteiger partial charge on any atom is -0.465 e. The first-order valence-corrected chi connectivity index (χ1v) is 20.4.